The zero-order valence-electron chi connectivity index (χ0n) is 13.2. The summed E-state index contributed by atoms with van der Waals surface area (Å²) in [6.07, 6.45) is 4.76. The van der Waals surface area contributed by atoms with Crippen LogP contribution in [0.3, 0.4) is 0 Å². The predicted octanol–water partition coefficient (Wildman–Crippen LogP) is 2.33. The minimum Gasteiger partial charge on any atom is -0.480 e. The van der Waals surface area contributed by atoms with Gasteiger partial charge in [-0.25, -0.2) is 0 Å². The summed E-state index contributed by atoms with van der Waals surface area (Å²) in [7, 11) is 0. The van der Waals surface area contributed by atoms with E-state index in [0.717, 1.165) is 44.8 Å². The maximum absolute atomic E-state index is 11.4. The molecular formula is C16H30N2O2. The van der Waals surface area contributed by atoms with Gasteiger partial charge in [0, 0.05) is 6.54 Å². The molecule has 20 heavy (non-hydrogen) atoms. The van der Waals surface area contributed by atoms with E-state index in [4.69, 9.17) is 5.73 Å². The molecule has 0 spiro atoms. The molecule has 4 heteroatoms. The zero-order valence-corrected chi connectivity index (χ0v) is 13.2. The van der Waals surface area contributed by atoms with Gasteiger partial charge in [-0.2, -0.15) is 0 Å². The van der Waals surface area contributed by atoms with E-state index < -0.39 is 11.5 Å². The Balaban J connectivity index is 1.83. The molecule has 2 fully saturated rings. The fourth-order valence-electron chi connectivity index (χ4n) is 3.87. The molecule has 0 amide bonds. The van der Waals surface area contributed by atoms with Crippen molar-refractivity contribution >= 4 is 5.97 Å². The van der Waals surface area contributed by atoms with E-state index in [1.807, 2.05) is 0 Å². The van der Waals surface area contributed by atoms with Crippen LogP contribution in [0.5, 0.6) is 0 Å². The first-order valence-corrected chi connectivity index (χ1v) is 7.98. The van der Waals surface area contributed by atoms with Gasteiger partial charge in [0.2, 0.25) is 0 Å². The van der Waals surface area contributed by atoms with Crippen molar-refractivity contribution in [3.8, 4) is 0 Å². The number of likely N-dealkylation sites (tertiary alicyclic amines) is 1. The lowest BCUT2D eigenvalue weighted by atomic mass is 9.80. The Morgan fingerprint density at radius 1 is 1.40 bits per heavy atom. The quantitative estimate of drug-likeness (QED) is 0.830. The normalized spacial score (nSPS) is 35.6. The second kappa shape index (κ2) is 5.64. The van der Waals surface area contributed by atoms with Gasteiger partial charge in [-0.1, -0.05) is 27.2 Å². The maximum atomic E-state index is 11.4. The highest BCUT2D eigenvalue weighted by Gasteiger charge is 2.45. The molecule has 2 aliphatic rings. The topological polar surface area (TPSA) is 66.6 Å². The minimum absolute atomic E-state index is 0.147. The number of rotatable bonds is 4. The lowest BCUT2D eigenvalue weighted by molar-refractivity contribution is -0.144. The third-order valence-corrected chi connectivity index (χ3v) is 5.56. The number of carboxylic acid groups (broad SMARTS) is 1. The van der Waals surface area contributed by atoms with Crippen molar-refractivity contribution < 1.29 is 9.90 Å². The third kappa shape index (κ3) is 3.17. The molecule has 4 nitrogen and oxygen atoms in total. The van der Waals surface area contributed by atoms with Crippen LogP contribution < -0.4 is 5.73 Å². The van der Waals surface area contributed by atoms with Gasteiger partial charge in [-0.15, -0.1) is 0 Å². The summed E-state index contributed by atoms with van der Waals surface area (Å²) in [5.41, 5.74) is 5.52. The van der Waals surface area contributed by atoms with Gasteiger partial charge in [-0.3, -0.25) is 4.79 Å². The molecule has 3 atom stereocenters. The Labute approximate surface area is 122 Å². The maximum Gasteiger partial charge on any atom is 0.323 e. The molecule has 116 valence electrons. The summed E-state index contributed by atoms with van der Waals surface area (Å²) < 4.78 is 0. The molecule has 1 aliphatic heterocycles. The van der Waals surface area contributed by atoms with Crippen LogP contribution in [0.25, 0.3) is 0 Å². The van der Waals surface area contributed by atoms with E-state index in [9.17, 15) is 9.90 Å². The number of nitrogens with zero attached hydrogens (tertiary/aromatic N) is 1. The zero-order chi connectivity index (χ0) is 15.0. The van der Waals surface area contributed by atoms with E-state index in [1.54, 1.807) is 0 Å². The summed E-state index contributed by atoms with van der Waals surface area (Å²) in [4.78, 5) is 13.9. The van der Waals surface area contributed by atoms with Crippen LogP contribution in [0.15, 0.2) is 0 Å². The molecule has 1 saturated heterocycles. The molecule has 0 aromatic rings. The van der Waals surface area contributed by atoms with Crippen LogP contribution in [0, 0.1) is 17.3 Å². The van der Waals surface area contributed by atoms with E-state index in [0.29, 0.717) is 11.8 Å². The lowest BCUT2D eigenvalue weighted by Gasteiger charge is -2.29. The Bertz CT molecular complexity index is 364. The summed E-state index contributed by atoms with van der Waals surface area (Å²) in [6.45, 7) is 10.2. The molecule has 0 bridgehead atoms. The summed E-state index contributed by atoms with van der Waals surface area (Å²) >= 11 is 0. The predicted molar refractivity (Wildman–Crippen MR) is 80.5 cm³/mol. The number of hydrogen-bond donors (Lipinski definition) is 2. The Hall–Kier alpha value is -0.610. The largest absolute Gasteiger partial charge is 0.480 e. The highest BCUT2D eigenvalue weighted by atomic mass is 16.4. The summed E-state index contributed by atoms with van der Waals surface area (Å²) in [5, 5.41) is 9.35. The fourth-order valence-corrected chi connectivity index (χ4v) is 3.87. The summed E-state index contributed by atoms with van der Waals surface area (Å²) in [6, 6.07) is 0. The first-order chi connectivity index (χ1) is 9.23. The molecule has 1 heterocycles. The monoisotopic (exact) mass is 282 g/mol. The van der Waals surface area contributed by atoms with Gasteiger partial charge in [0.25, 0.3) is 0 Å². The average Bonchev–Trinajstić information content (AvgIpc) is 2.93. The standard InChI is InChI=1S/C16H30N2O2/c1-15(2,3)13-7-10-18(11-13)9-6-12-5-4-8-16(12,17)14(19)20/h12-13H,4-11,17H2,1-3H3,(H,19,20). The van der Waals surface area contributed by atoms with E-state index >= 15 is 0 Å². The van der Waals surface area contributed by atoms with Crippen molar-refractivity contribution in [2.45, 2.75) is 58.4 Å². The van der Waals surface area contributed by atoms with Crippen molar-refractivity contribution in [1.29, 1.82) is 0 Å². The van der Waals surface area contributed by atoms with Crippen LogP contribution in [-0.4, -0.2) is 41.1 Å². The van der Waals surface area contributed by atoms with Crippen LogP contribution in [0.4, 0.5) is 0 Å². The molecule has 3 N–H and O–H groups in total. The third-order valence-electron chi connectivity index (χ3n) is 5.56. The van der Waals surface area contributed by atoms with E-state index in [1.165, 1.54) is 6.42 Å². The number of hydrogen-bond acceptors (Lipinski definition) is 3. The molecule has 2 rings (SSSR count). The van der Waals surface area contributed by atoms with Gasteiger partial charge in [0.05, 0.1) is 0 Å². The van der Waals surface area contributed by atoms with Gasteiger partial charge in [-0.05, 0) is 56.0 Å². The van der Waals surface area contributed by atoms with Crippen LogP contribution in [-0.2, 0) is 4.79 Å². The van der Waals surface area contributed by atoms with Gasteiger partial charge >= 0.3 is 5.97 Å². The van der Waals surface area contributed by atoms with Crippen LogP contribution >= 0.6 is 0 Å². The van der Waals surface area contributed by atoms with Crippen LogP contribution in [0.1, 0.15) is 52.9 Å². The van der Waals surface area contributed by atoms with Gasteiger partial charge < -0.3 is 15.7 Å². The van der Waals surface area contributed by atoms with Crippen molar-refractivity contribution in [1.82, 2.24) is 4.90 Å². The molecule has 0 aromatic heterocycles. The molecule has 1 aliphatic carbocycles. The Morgan fingerprint density at radius 2 is 2.10 bits per heavy atom. The van der Waals surface area contributed by atoms with Crippen molar-refractivity contribution in [2.24, 2.45) is 23.0 Å². The number of carboxylic acids is 1. The smallest absolute Gasteiger partial charge is 0.323 e. The van der Waals surface area contributed by atoms with Crippen LogP contribution in [0.2, 0.25) is 0 Å². The van der Waals surface area contributed by atoms with Gasteiger partial charge in [0.1, 0.15) is 5.54 Å². The average molecular weight is 282 g/mol. The Kier molecular flexibility index (Phi) is 4.45. The molecule has 3 unspecified atom stereocenters. The van der Waals surface area contributed by atoms with Crippen molar-refractivity contribution in [3.63, 3.8) is 0 Å². The van der Waals surface area contributed by atoms with E-state index in [2.05, 4.69) is 25.7 Å². The number of aliphatic carboxylic acids is 1. The summed E-state index contributed by atoms with van der Waals surface area (Å²) in [5.74, 6) is 0.0934. The molecule has 1 saturated carbocycles. The second-order valence-electron chi connectivity index (χ2n) is 7.88. The highest BCUT2D eigenvalue weighted by Crippen LogP contribution is 2.38. The molecule has 0 radical (unpaired) electrons. The minimum atomic E-state index is -0.969. The van der Waals surface area contributed by atoms with Crippen molar-refractivity contribution in [3.05, 3.63) is 0 Å². The molecule has 0 aromatic carbocycles. The van der Waals surface area contributed by atoms with E-state index in [-0.39, 0.29) is 5.92 Å². The van der Waals surface area contributed by atoms with Crippen molar-refractivity contribution in [2.75, 3.05) is 19.6 Å². The first kappa shape index (κ1) is 15.8. The first-order valence-electron chi connectivity index (χ1n) is 7.98. The van der Waals surface area contributed by atoms with Gasteiger partial charge in [0.15, 0.2) is 0 Å². The fraction of sp³-hybridized carbons (Fsp3) is 0.938. The highest BCUT2D eigenvalue weighted by molar-refractivity contribution is 5.79. The lowest BCUT2D eigenvalue weighted by Crippen LogP contribution is -2.51. The molecular weight excluding hydrogens is 252 g/mol. The number of nitrogens with two attached hydrogens (primary N) is 1. The number of carbonyl (C=O) groups is 1. The Morgan fingerprint density at radius 3 is 2.65 bits per heavy atom. The second-order valence-corrected chi connectivity index (χ2v) is 7.88. The SMILES string of the molecule is CC(C)(C)C1CCN(CCC2CCCC2(N)C(=O)O)C1.